The van der Waals surface area contributed by atoms with Gasteiger partial charge < -0.3 is 14.8 Å². The lowest BCUT2D eigenvalue weighted by Gasteiger charge is -2.09. The first-order valence-corrected chi connectivity index (χ1v) is 7.38. The van der Waals surface area contributed by atoms with Crippen molar-refractivity contribution >= 4 is 12.1 Å². The molecule has 22 heavy (non-hydrogen) atoms. The minimum absolute atomic E-state index is 0.263. The maximum Gasteiger partial charge on any atom is 0.406 e. The fourth-order valence-corrected chi connectivity index (χ4v) is 1.79. The van der Waals surface area contributed by atoms with Crippen LogP contribution in [-0.2, 0) is 9.47 Å². The zero-order chi connectivity index (χ0) is 16.2. The standard InChI is InChI=1S/C17H23NO4/c1-14(22-16(19)15-11-7-5-8-12-15)10-6-3-4-9-13-18-17(20)21-2/h5-8,10-12,14H,3-4,9,13H2,1-2H3,(H,18,20)/b10-6+. The number of unbranched alkanes of at least 4 members (excludes halogenated alkanes) is 2. The molecule has 1 N–H and O–H groups in total. The van der Waals surface area contributed by atoms with Crippen LogP contribution in [-0.4, -0.2) is 31.8 Å². The Bertz CT molecular complexity index is 485. The van der Waals surface area contributed by atoms with Gasteiger partial charge in [-0.25, -0.2) is 9.59 Å². The minimum atomic E-state index is -0.406. The Morgan fingerprint density at radius 1 is 1.23 bits per heavy atom. The van der Waals surface area contributed by atoms with Gasteiger partial charge in [0, 0.05) is 6.54 Å². The van der Waals surface area contributed by atoms with Gasteiger partial charge in [-0.15, -0.1) is 0 Å². The van der Waals surface area contributed by atoms with Gasteiger partial charge in [-0.1, -0.05) is 24.3 Å². The van der Waals surface area contributed by atoms with Crippen LogP contribution in [0.2, 0.25) is 0 Å². The molecule has 1 rings (SSSR count). The molecule has 0 radical (unpaired) electrons. The van der Waals surface area contributed by atoms with Crippen LogP contribution < -0.4 is 5.32 Å². The van der Waals surface area contributed by atoms with Gasteiger partial charge in [0.15, 0.2) is 0 Å². The lowest BCUT2D eigenvalue weighted by atomic mass is 10.2. The molecule has 0 aliphatic rings. The van der Waals surface area contributed by atoms with Crippen molar-refractivity contribution in [3.63, 3.8) is 0 Å². The van der Waals surface area contributed by atoms with Gasteiger partial charge >= 0.3 is 12.1 Å². The number of amides is 1. The normalized spacial score (nSPS) is 11.9. The Balaban J connectivity index is 2.15. The lowest BCUT2D eigenvalue weighted by Crippen LogP contribution is -2.23. The van der Waals surface area contributed by atoms with Gasteiger partial charge in [0.1, 0.15) is 6.10 Å². The van der Waals surface area contributed by atoms with E-state index in [9.17, 15) is 9.59 Å². The number of carbonyl (C=O) groups excluding carboxylic acids is 2. The van der Waals surface area contributed by atoms with Gasteiger partial charge in [-0.3, -0.25) is 0 Å². The zero-order valence-corrected chi connectivity index (χ0v) is 13.1. The quantitative estimate of drug-likeness (QED) is 0.454. The third-order valence-electron chi connectivity index (χ3n) is 2.96. The minimum Gasteiger partial charge on any atom is -0.455 e. The molecule has 1 unspecified atom stereocenters. The van der Waals surface area contributed by atoms with E-state index in [0.717, 1.165) is 19.3 Å². The molecule has 0 aliphatic heterocycles. The lowest BCUT2D eigenvalue weighted by molar-refractivity contribution is 0.0424. The summed E-state index contributed by atoms with van der Waals surface area (Å²) in [4.78, 5) is 22.6. The topological polar surface area (TPSA) is 64.6 Å². The van der Waals surface area contributed by atoms with Crippen LogP contribution in [0.3, 0.4) is 0 Å². The number of esters is 1. The van der Waals surface area contributed by atoms with Crippen molar-refractivity contribution in [2.24, 2.45) is 0 Å². The third kappa shape index (κ3) is 7.47. The number of rotatable bonds is 8. The van der Waals surface area contributed by atoms with Crippen molar-refractivity contribution in [3.05, 3.63) is 48.0 Å². The summed E-state index contributed by atoms with van der Waals surface area (Å²) in [5, 5.41) is 2.62. The van der Waals surface area contributed by atoms with E-state index in [4.69, 9.17) is 4.74 Å². The number of alkyl carbamates (subject to hydrolysis) is 1. The number of ether oxygens (including phenoxy) is 2. The van der Waals surface area contributed by atoms with E-state index in [1.165, 1.54) is 7.11 Å². The molecule has 0 saturated carbocycles. The second-order valence-corrected chi connectivity index (χ2v) is 4.82. The average Bonchev–Trinajstić information content (AvgIpc) is 2.54. The van der Waals surface area contributed by atoms with Crippen molar-refractivity contribution < 1.29 is 19.1 Å². The first kappa shape index (κ1) is 17.8. The molecule has 0 spiro atoms. The molecule has 5 nitrogen and oxygen atoms in total. The summed E-state index contributed by atoms with van der Waals surface area (Å²) in [5.41, 5.74) is 0.552. The molecule has 1 amide bonds. The van der Waals surface area contributed by atoms with E-state index in [2.05, 4.69) is 10.1 Å². The Hall–Kier alpha value is -2.30. The van der Waals surface area contributed by atoms with Gasteiger partial charge in [0.25, 0.3) is 0 Å². The van der Waals surface area contributed by atoms with Crippen LogP contribution in [0.1, 0.15) is 36.5 Å². The second-order valence-electron chi connectivity index (χ2n) is 4.82. The molecule has 5 heteroatoms. The van der Waals surface area contributed by atoms with Crippen LogP contribution in [0.25, 0.3) is 0 Å². The van der Waals surface area contributed by atoms with Crippen LogP contribution in [0.15, 0.2) is 42.5 Å². The molecule has 1 aromatic rings. The summed E-state index contributed by atoms with van der Waals surface area (Å²) < 4.78 is 9.78. The Morgan fingerprint density at radius 3 is 2.64 bits per heavy atom. The van der Waals surface area contributed by atoms with Gasteiger partial charge in [0.05, 0.1) is 12.7 Å². The molecule has 0 saturated heterocycles. The number of carbonyl (C=O) groups is 2. The molecule has 0 aromatic heterocycles. The fraction of sp³-hybridized carbons (Fsp3) is 0.412. The number of benzene rings is 1. The van der Waals surface area contributed by atoms with Gasteiger partial charge in [-0.05, 0) is 44.4 Å². The maximum absolute atomic E-state index is 11.8. The highest BCUT2D eigenvalue weighted by molar-refractivity contribution is 5.89. The average molecular weight is 305 g/mol. The zero-order valence-electron chi connectivity index (χ0n) is 13.1. The number of hydrogen-bond donors (Lipinski definition) is 1. The van der Waals surface area contributed by atoms with Gasteiger partial charge in [-0.2, -0.15) is 0 Å². The summed E-state index contributed by atoms with van der Waals surface area (Å²) in [6, 6.07) is 8.92. The van der Waals surface area contributed by atoms with Crippen molar-refractivity contribution in [1.82, 2.24) is 5.32 Å². The summed E-state index contributed by atoms with van der Waals surface area (Å²) >= 11 is 0. The number of methoxy groups -OCH3 is 1. The summed E-state index contributed by atoms with van der Waals surface area (Å²) in [6.07, 6.45) is 5.88. The Labute approximate surface area is 131 Å². The van der Waals surface area contributed by atoms with Crippen LogP contribution >= 0.6 is 0 Å². The summed E-state index contributed by atoms with van der Waals surface area (Å²) in [5.74, 6) is -0.319. The molecule has 0 fully saturated rings. The largest absolute Gasteiger partial charge is 0.455 e. The molecule has 120 valence electrons. The highest BCUT2D eigenvalue weighted by Gasteiger charge is 2.08. The van der Waals surface area contributed by atoms with Crippen LogP contribution in [0.4, 0.5) is 4.79 Å². The van der Waals surface area contributed by atoms with Crippen LogP contribution in [0.5, 0.6) is 0 Å². The third-order valence-corrected chi connectivity index (χ3v) is 2.96. The van der Waals surface area contributed by atoms with E-state index in [0.29, 0.717) is 12.1 Å². The second kappa shape index (κ2) is 10.4. The first-order valence-electron chi connectivity index (χ1n) is 7.38. The summed E-state index contributed by atoms with van der Waals surface area (Å²) in [6.45, 7) is 2.43. The molecule has 0 heterocycles. The van der Waals surface area contributed by atoms with Crippen molar-refractivity contribution in [2.75, 3.05) is 13.7 Å². The maximum atomic E-state index is 11.8. The predicted molar refractivity (Wildman–Crippen MR) is 84.7 cm³/mol. The van der Waals surface area contributed by atoms with E-state index in [1.54, 1.807) is 24.3 Å². The molecule has 0 aliphatic carbocycles. The molecule has 1 aromatic carbocycles. The Morgan fingerprint density at radius 2 is 1.95 bits per heavy atom. The molecule has 1 atom stereocenters. The van der Waals surface area contributed by atoms with E-state index in [1.807, 2.05) is 25.1 Å². The van der Waals surface area contributed by atoms with Crippen LogP contribution in [0, 0.1) is 0 Å². The first-order chi connectivity index (χ1) is 10.6. The smallest absolute Gasteiger partial charge is 0.406 e. The Kier molecular flexibility index (Phi) is 8.42. The van der Waals surface area contributed by atoms with E-state index in [-0.39, 0.29) is 12.1 Å². The van der Waals surface area contributed by atoms with Crippen molar-refractivity contribution in [2.45, 2.75) is 32.3 Å². The van der Waals surface area contributed by atoms with Crippen molar-refractivity contribution in [1.29, 1.82) is 0 Å². The molecule has 0 bridgehead atoms. The molecular formula is C17H23NO4. The SMILES string of the molecule is COC(=O)NCCCC/C=C/C(C)OC(=O)c1ccccc1. The monoisotopic (exact) mass is 305 g/mol. The van der Waals surface area contributed by atoms with E-state index >= 15 is 0 Å². The molecular weight excluding hydrogens is 282 g/mol. The number of hydrogen-bond acceptors (Lipinski definition) is 4. The number of allylic oxidation sites excluding steroid dienone is 1. The number of nitrogens with one attached hydrogen (secondary N) is 1. The predicted octanol–water partition coefficient (Wildman–Crippen LogP) is 3.31. The fourth-order valence-electron chi connectivity index (χ4n) is 1.79. The van der Waals surface area contributed by atoms with Gasteiger partial charge in [0.2, 0.25) is 0 Å². The highest BCUT2D eigenvalue weighted by Crippen LogP contribution is 2.05. The highest BCUT2D eigenvalue weighted by atomic mass is 16.5. The van der Waals surface area contributed by atoms with Crippen molar-refractivity contribution in [3.8, 4) is 0 Å². The van der Waals surface area contributed by atoms with E-state index < -0.39 is 6.09 Å². The summed E-state index contributed by atoms with van der Waals surface area (Å²) in [7, 11) is 1.34.